The van der Waals surface area contributed by atoms with Gasteiger partial charge in [0.2, 0.25) is 0 Å². The molecule has 1 atom stereocenters. The van der Waals surface area contributed by atoms with Crippen LogP contribution in [0.2, 0.25) is 0 Å². The molecule has 1 aliphatic rings. The standard InChI is InChI=1S/C8H17NO/c1-7(9-2)8-3-5-10-6-4-8/h7-9H,3-6H2,1-2H3/t7-/m1/s1. The molecule has 1 saturated heterocycles. The van der Waals surface area contributed by atoms with Gasteiger partial charge in [-0.05, 0) is 32.7 Å². The molecule has 1 fully saturated rings. The van der Waals surface area contributed by atoms with Crippen molar-refractivity contribution < 1.29 is 4.74 Å². The topological polar surface area (TPSA) is 21.3 Å². The Balaban J connectivity index is 2.24. The van der Waals surface area contributed by atoms with Crippen LogP contribution in [0.3, 0.4) is 0 Å². The van der Waals surface area contributed by atoms with Crippen molar-refractivity contribution in [1.82, 2.24) is 5.32 Å². The zero-order chi connectivity index (χ0) is 7.40. The molecule has 0 aromatic carbocycles. The molecule has 2 heteroatoms. The molecule has 0 saturated carbocycles. The van der Waals surface area contributed by atoms with Gasteiger partial charge >= 0.3 is 0 Å². The Bertz CT molecular complexity index is 89.3. The normalized spacial score (nSPS) is 24.6. The number of nitrogens with one attached hydrogen (secondary N) is 1. The minimum Gasteiger partial charge on any atom is -0.381 e. The van der Waals surface area contributed by atoms with Crippen LogP contribution in [-0.2, 0) is 4.74 Å². The van der Waals surface area contributed by atoms with E-state index in [1.54, 1.807) is 0 Å². The third-order valence-electron chi connectivity index (χ3n) is 2.43. The van der Waals surface area contributed by atoms with Gasteiger partial charge in [-0.3, -0.25) is 0 Å². The molecule has 1 N–H and O–H groups in total. The third kappa shape index (κ3) is 1.96. The monoisotopic (exact) mass is 143 g/mol. The van der Waals surface area contributed by atoms with Gasteiger partial charge in [-0.15, -0.1) is 0 Å². The van der Waals surface area contributed by atoms with Gasteiger partial charge in [0.1, 0.15) is 0 Å². The summed E-state index contributed by atoms with van der Waals surface area (Å²) in [6.07, 6.45) is 2.45. The van der Waals surface area contributed by atoms with E-state index in [1.807, 2.05) is 7.05 Å². The molecule has 1 heterocycles. The van der Waals surface area contributed by atoms with E-state index in [0.29, 0.717) is 6.04 Å². The summed E-state index contributed by atoms with van der Waals surface area (Å²) in [6.45, 7) is 4.16. The van der Waals surface area contributed by atoms with Crippen molar-refractivity contribution in [3.63, 3.8) is 0 Å². The van der Waals surface area contributed by atoms with E-state index in [4.69, 9.17) is 4.74 Å². The molecule has 0 spiro atoms. The Labute approximate surface area is 63.0 Å². The van der Waals surface area contributed by atoms with E-state index in [2.05, 4.69) is 12.2 Å². The maximum atomic E-state index is 5.27. The van der Waals surface area contributed by atoms with Gasteiger partial charge in [0, 0.05) is 19.3 Å². The lowest BCUT2D eigenvalue weighted by atomic mass is 9.93. The molecule has 2 nitrogen and oxygen atoms in total. The summed E-state index contributed by atoms with van der Waals surface area (Å²) in [6, 6.07) is 0.656. The van der Waals surface area contributed by atoms with Crippen LogP contribution in [0.5, 0.6) is 0 Å². The van der Waals surface area contributed by atoms with E-state index < -0.39 is 0 Å². The third-order valence-corrected chi connectivity index (χ3v) is 2.43. The summed E-state index contributed by atoms with van der Waals surface area (Å²) in [7, 11) is 2.03. The first kappa shape index (κ1) is 8.02. The highest BCUT2D eigenvalue weighted by atomic mass is 16.5. The maximum absolute atomic E-state index is 5.27. The summed E-state index contributed by atoms with van der Waals surface area (Å²) in [5.41, 5.74) is 0. The summed E-state index contributed by atoms with van der Waals surface area (Å²) >= 11 is 0. The molecular weight excluding hydrogens is 126 g/mol. The second-order valence-corrected chi connectivity index (χ2v) is 3.03. The molecule has 0 unspecified atom stereocenters. The SMILES string of the molecule is CN[C@H](C)C1CCOCC1. The van der Waals surface area contributed by atoms with Crippen LogP contribution in [0.25, 0.3) is 0 Å². The zero-order valence-corrected chi connectivity index (χ0v) is 6.89. The first-order valence-electron chi connectivity index (χ1n) is 4.09. The average molecular weight is 143 g/mol. The van der Waals surface area contributed by atoms with Crippen molar-refractivity contribution in [2.24, 2.45) is 5.92 Å². The summed E-state index contributed by atoms with van der Waals surface area (Å²) < 4.78 is 5.27. The smallest absolute Gasteiger partial charge is 0.0469 e. The van der Waals surface area contributed by atoms with Gasteiger partial charge in [0.05, 0.1) is 0 Å². The van der Waals surface area contributed by atoms with E-state index in [-0.39, 0.29) is 0 Å². The van der Waals surface area contributed by atoms with Crippen LogP contribution in [0, 0.1) is 5.92 Å². The highest BCUT2D eigenvalue weighted by Gasteiger charge is 2.18. The van der Waals surface area contributed by atoms with Crippen LogP contribution in [0.4, 0.5) is 0 Å². The zero-order valence-electron chi connectivity index (χ0n) is 6.89. The van der Waals surface area contributed by atoms with E-state index >= 15 is 0 Å². The number of hydrogen-bond acceptors (Lipinski definition) is 2. The average Bonchev–Trinajstić information content (AvgIpc) is 2.05. The molecule has 0 bridgehead atoms. The molecule has 0 aliphatic carbocycles. The molecule has 0 radical (unpaired) electrons. The lowest BCUT2D eigenvalue weighted by molar-refractivity contribution is 0.0569. The molecule has 0 aromatic heterocycles. The number of ether oxygens (including phenoxy) is 1. The first-order valence-corrected chi connectivity index (χ1v) is 4.09. The Morgan fingerprint density at radius 2 is 2.00 bits per heavy atom. The highest BCUT2D eigenvalue weighted by molar-refractivity contribution is 4.72. The van der Waals surface area contributed by atoms with Gasteiger partial charge in [-0.2, -0.15) is 0 Å². The van der Waals surface area contributed by atoms with Gasteiger partial charge in [-0.1, -0.05) is 0 Å². The largest absolute Gasteiger partial charge is 0.381 e. The van der Waals surface area contributed by atoms with Crippen LogP contribution in [0.1, 0.15) is 19.8 Å². The van der Waals surface area contributed by atoms with Crippen LogP contribution in [0.15, 0.2) is 0 Å². The quantitative estimate of drug-likeness (QED) is 0.623. The van der Waals surface area contributed by atoms with Crippen molar-refractivity contribution in [2.45, 2.75) is 25.8 Å². The molecule has 10 heavy (non-hydrogen) atoms. The fourth-order valence-electron chi connectivity index (χ4n) is 1.45. The first-order chi connectivity index (χ1) is 4.84. The Kier molecular flexibility index (Phi) is 3.16. The van der Waals surface area contributed by atoms with Gasteiger partial charge < -0.3 is 10.1 Å². The van der Waals surface area contributed by atoms with Crippen molar-refractivity contribution in [1.29, 1.82) is 0 Å². The summed E-state index contributed by atoms with van der Waals surface area (Å²) in [4.78, 5) is 0. The van der Waals surface area contributed by atoms with E-state index in [1.165, 1.54) is 12.8 Å². The second kappa shape index (κ2) is 3.94. The Hall–Kier alpha value is -0.0800. The molecular formula is C8H17NO. The maximum Gasteiger partial charge on any atom is 0.0469 e. The van der Waals surface area contributed by atoms with Crippen molar-refractivity contribution >= 4 is 0 Å². The summed E-state index contributed by atoms with van der Waals surface area (Å²) in [5.74, 6) is 0.832. The molecule has 0 aromatic rings. The van der Waals surface area contributed by atoms with Crippen LogP contribution >= 0.6 is 0 Å². The van der Waals surface area contributed by atoms with E-state index in [9.17, 15) is 0 Å². The lowest BCUT2D eigenvalue weighted by Gasteiger charge is -2.27. The molecule has 60 valence electrons. The second-order valence-electron chi connectivity index (χ2n) is 3.03. The predicted octanol–water partition coefficient (Wildman–Crippen LogP) is 1.02. The van der Waals surface area contributed by atoms with Crippen molar-refractivity contribution in [3.8, 4) is 0 Å². The number of rotatable bonds is 2. The molecule has 0 amide bonds. The highest BCUT2D eigenvalue weighted by Crippen LogP contribution is 2.17. The van der Waals surface area contributed by atoms with Crippen molar-refractivity contribution in [3.05, 3.63) is 0 Å². The minimum atomic E-state index is 0.656. The van der Waals surface area contributed by atoms with Gasteiger partial charge in [0.25, 0.3) is 0 Å². The van der Waals surface area contributed by atoms with Crippen LogP contribution in [-0.4, -0.2) is 26.3 Å². The van der Waals surface area contributed by atoms with Gasteiger partial charge in [-0.25, -0.2) is 0 Å². The fourth-order valence-corrected chi connectivity index (χ4v) is 1.45. The summed E-state index contributed by atoms with van der Waals surface area (Å²) in [5, 5.41) is 3.28. The lowest BCUT2D eigenvalue weighted by Crippen LogP contribution is -2.34. The Morgan fingerprint density at radius 1 is 1.40 bits per heavy atom. The van der Waals surface area contributed by atoms with Crippen molar-refractivity contribution in [2.75, 3.05) is 20.3 Å². The van der Waals surface area contributed by atoms with E-state index in [0.717, 1.165) is 19.1 Å². The number of hydrogen-bond donors (Lipinski definition) is 1. The predicted molar refractivity (Wildman–Crippen MR) is 42.1 cm³/mol. The Morgan fingerprint density at radius 3 is 2.50 bits per heavy atom. The fraction of sp³-hybridized carbons (Fsp3) is 1.00. The molecule has 1 rings (SSSR count). The molecule has 1 aliphatic heterocycles. The van der Waals surface area contributed by atoms with Gasteiger partial charge in [0.15, 0.2) is 0 Å². The minimum absolute atomic E-state index is 0.656. The van der Waals surface area contributed by atoms with Crippen LogP contribution < -0.4 is 5.32 Å².